The highest BCUT2D eigenvalue weighted by Crippen LogP contribution is 2.19. The number of aromatic nitrogens is 1. The molecule has 162 valence electrons. The van der Waals surface area contributed by atoms with Crippen LogP contribution in [-0.2, 0) is 9.59 Å². The van der Waals surface area contributed by atoms with Crippen LogP contribution in [-0.4, -0.2) is 59.9 Å². The first kappa shape index (κ1) is 20.8. The van der Waals surface area contributed by atoms with E-state index in [1.54, 1.807) is 6.20 Å². The summed E-state index contributed by atoms with van der Waals surface area (Å²) in [4.78, 5) is 38.2. The van der Waals surface area contributed by atoms with Gasteiger partial charge in [0.05, 0.1) is 6.42 Å². The first-order valence-corrected chi connectivity index (χ1v) is 10.7. The molecule has 4 rings (SSSR count). The molecule has 8 heteroatoms. The van der Waals surface area contributed by atoms with Crippen molar-refractivity contribution in [3.8, 4) is 0 Å². The van der Waals surface area contributed by atoms with E-state index in [-0.39, 0.29) is 18.2 Å². The molecule has 0 saturated carbocycles. The van der Waals surface area contributed by atoms with E-state index in [1.807, 2.05) is 47.4 Å². The lowest BCUT2D eigenvalue weighted by Gasteiger charge is -2.38. The topological polar surface area (TPSA) is 89.9 Å². The number of guanidine groups is 1. The normalized spacial score (nSPS) is 19.1. The zero-order chi connectivity index (χ0) is 21.8. The largest absolute Gasteiger partial charge is 0.353 e. The Kier molecular flexibility index (Phi) is 6.16. The minimum Gasteiger partial charge on any atom is -0.353 e. The van der Waals surface area contributed by atoms with E-state index in [0.29, 0.717) is 30.7 Å². The van der Waals surface area contributed by atoms with Gasteiger partial charge < -0.3 is 15.1 Å². The number of carbonyl (C=O) groups excluding carboxylic acids is 2. The lowest BCUT2D eigenvalue weighted by Crippen LogP contribution is -2.56. The third kappa shape index (κ3) is 5.02. The first-order chi connectivity index (χ1) is 15.0. The molecule has 8 nitrogen and oxygen atoms in total. The smallest absolute Gasteiger partial charge is 0.249 e. The molecule has 2 aliphatic heterocycles. The minimum absolute atomic E-state index is 0.0489. The van der Waals surface area contributed by atoms with Gasteiger partial charge in [-0.3, -0.25) is 14.9 Å². The molecule has 1 fully saturated rings. The predicted molar refractivity (Wildman–Crippen MR) is 121 cm³/mol. The van der Waals surface area contributed by atoms with E-state index in [1.165, 1.54) is 5.56 Å². The first-order valence-electron chi connectivity index (χ1n) is 10.7. The van der Waals surface area contributed by atoms with Crippen molar-refractivity contribution in [3.05, 3.63) is 54.2 Å². The zero-order valence-electron chi connectivity index (χ0n) is 17.9. The predicted octanol–water partition coefficient (Wildman–Crippen LogP) is 2.21. The summed E-state index contributed by atoms with van der Waals surface area (Å²) in [6, 6.07) is 12.9. The van der Waals surface area contributed by atoms with Crippen molar-refractivity contribution >= 4 is 29.3 Å². The standard InChI is InChI=1S/C23H28N6O2/c1-16(2)17-6-8-18(9-7-17)25-22(31)19-15-21(30)27-23(26-19)29-13-11-28(12-14-29)20-5-3-4-10-24-20/h3-10,16,19H,11-15H2,1-2H3,(H,25,31)(H,26,27,30)/t19-/m1/s1. The summed E-state index contributed by atoms with van der Waals surface area (Å²) in [5, 5.41) is 5.72. The summed E-state index contributed by atoms with van der Waals surface area (Å²) < 4.78 is 0. The minimum atomic E-state index is -0.734. The number of aliphatic imine (C=N–C) groups is 1. The van der Waals surface area contributed by atoms with Crippen molar-refractivity contribution in [1.29, 1.82) is 0 Å². The van der Waals surface area contributed by atoms with Gasteiger partial charge in [-0.2, -0.15) is 0 Å². The summed E-state index contributed by atoms with van der Waals surface area (Å²) >= 11 is 0. The van der Waals surface area contributed by atoms with Crippen LogP contribution >= 0.6 is 0 Å². The van der Waals surface area contributed by atoms with Crippen LogP contribution in [0, 0.1) is 0 Å². The van der Waals surface area contributed by atoms with Crippen molar-refractivity contribution < 1.29 is 9.59 Å². The number of amides is 2. The van der Waals surface area contributed by atoms with Gasteiger partial charge in [0.25, 0.3) is 0 Å². The van der Waals surface area contributed by atoms with Gasteiger partial charge in [0, 0.05) is 38.1 Å². The molecule has 1 saturated heterocycles. The second-order valence-corrected chi connectivity index (χ2v) is 8.15. The number of benzene rings is 1. The highest BCUT2D eigenvalue weighted by molar-refractivity contribution is 6.06. The van der Waals surface area contributed by atoms with Crippen molar-refractivity contribution in [1.82, 2.24) is 15.2 Å². The number of pyridine rings is 1. The maximum atomic E-state index is 12.8. The highest BCUT2D eigenvalue weighted by Gasteiger charge is 2.30. The number of nitrogens with zero attached hydrogens (tertiary/aromatic N) is 4. The Hall–Kier alpha value is -3.42. The molecular formula is C23H28N6O2. The molecule has 2 N–H and O–H groups in total. The maximum absolute atomic E-state index is 12.8. The SMILES string of the molecule is CC(C)c1ccc(NC(=O)[C@H]2CC(=O)NC(N3CCN(c4ccccn4)CC3)=N2)cc1. The number of piperazine rings is 1. The molecule has 2 aromatic rings. The Labute approximate surface area is 182 Å². The van der Waals surface area contributed by atoms with Crippen LogP contribution in [0.2, 0.25) is 0 Å². The average Bonchev–Trinajstić information content (AvgIpc) is 2.79. The van der Waals surface area contributed by atoms with Gasteiger partial charge >= 0.3 is 0 Å². The Balaban J connectivity index is 1.39. The van der Waals surface area contributed by atoms with Crippen molar-refractivity contribution in [3.63, 3.8) is 0 Å². The molecule has 1 aromatic carbocycles. The molecule has 0 aliphatic carbocycles. The summed E-state index contributed by atoms with van der Waals surface area (Å²) in [5.74, 6) is 1.39. The summed E-state index contributed by atoms with van der Waals surface area (Å²) in [6.45, 7) is 7.18. The van der Waals surface area contributed by atoms with E-state index in [4.69, 9.17) is 0 Å². The van der Waals surface area contributed by atoms with Crippen LogP contribution in [0.4, 0.5) is 11.5 Å². The average molecular weight is 421 g/mol. The van der Waals surface area contributed by atoms with E-state index < -0.39 is 6.04 Å². The molecule has 1 aromatic heterocycles. The van der Waals surface area contributed by atoms with Gasteiger partial charge in [-0.25, -0.2) is 9.98 Å². The van der Waals surface area contributed by atoms with E-state index in [2.05, 4.69) is 39.4 Å². The van der Waals surface area contributed by atoms with Crippen LogP contribution in [0.1, 0.15) is 31.7 Å². The van der Waals surface area contributed by atoms with Crippen molar-refractivity contribution in [2.24, 2.45) is 4.99 Å². The van der Waals surface area contributed by atoms with Crippen molar-refractivity contribution in [2.75, 3.05) is 36.4 Å². The number of hydrogen-bond acceptors (Lipinski definition) is 6. The number of carbonyl (C=O) groups is 2. The lowest BCUT2D eigenvalue weighted by atomic mass is 10.0. The Morgan fingerprint density at radius 1 is 1.06 bits per heavy atom. The Morgan fingerprint density at radius 3 is 2.42 bits per heavy atom. The second-order valence-electron chi connectivity index (χ2n) is 8.15. The van der Waals surface area contributed by atoms with Gasteiger partial charge in [0.1, 0.15) is 11.9 Å². The van der Waals surface area contributed by atoms with E-state index in [0.717, 1.165) is 18.9 Å². The summed E-state index contributed by atoms with van der Waals surface area (Å²) in [5.41, 5.74) is 1.92. The zero-order valence-corrected chi connectivity index (χ0v) is 17.9. The number of nitrogens with one attached hydrogen (secondary N) is 2. The van der Waals surface area contributed by atoms with Gasteiger partial charge in [0.15, 0.2) is 0 Å². The molecule has 0 radical (unpaired) electrons. The van der Waals surface area contributed by atoms with Crippen molar-refractivity contribution in [2.45, 2.75) is 32.2 Å². The van der Waals surface area contributed by atoms with Gasteiger partial charge in [-0.15, -0.1) is 0 Å². The van der Waals surface area contributed by atoms with E-state index in [9.17, 15) is 9.59 Å². The fourth-order valence-corrected chi connectivity index (χ4v) is 3.75. The number of rotatable bonds is 4. The molecular weight excluding hydrogens is 392 g/mol. The molecule has 0 spiro atoms. The molecule has 31 heavy (non-hydrogen) atoms. The third-order valence-electron chi connectivity index (χ3n) is 5.61. The van der Waals surface area contributed by atoms with Crippen LogP contribution in [0.5, 0.6) is 0 Å². The second kappa shape index (κ2) is 9.16. The fraction of sp³-hybridized carbons (Fsp3) is 0.391. The maximum Gasteiger partial charge on any atom is 0.249 e. The fourth-order valence-electron chi connectivity index (χ4n) is 3.75. The number of anilines is 2. The third-order valence-corrected chi connectivity index (χ3v) is 5.61. The van der Waals surface area contributed by atoms with Crippen LogP contribution in [0.3, 0.4) is 0 Å². The molecule has 0 unspecified atom stereocenters. The number of hydrogen-bond donors (Lipinski definition) is 2. The monoisotopic (exact) mass is 420 g/mol. The van der Waals surface area contributed by atoms with Crippen LogP contribution < -0.4 is 15.5 Å². The van der Waals surface area contributed by atoms with Gasteiger partial charge in [0.2, 0.25) is 17.8 Å². The molecule has 2 aliphatic rings. The highest BCUT2D eigenvalue weighted by atomic mass is 16.2. The van der Waals surface area contributed by atoms with Gasteiger partial charge in [-0.05, 0) is 35.7 Å². The van der Waals surface area contributed by atoms with Gasteiger partial charge in [-0.1, -0.05) is 32.0 Å². The quantitative estimate of drug-likeness (QED) is 0.792. The summed E-state index contributed by atoms with van der Waals surface area (Å²) in [7, 11) is 0. The van der Waals surface area contributed by atoms with E-state index >= 15 is 0 Å². The Bertz CT molecular complexity index is 950. The molecule has 0 bridgehead atoms. The molecule has 2 amide bonds. The van der Waals surface area contributed by atoms with Crippen LogP contribution in [0.15, 0.2) is 53.7 Å². The van der Waals surface area contributed by atoms with Crippen LogP contribution in [0.25, 0.3) is 0 Å². The Morgan fingerprint density at radius 2 is 1.77 bits per heavy atom. The summed E-state index contributed by atoms with van der Waals surface area (Å²) in [6.07, 6.45) is 1.83. The molecule has 3 heterocycles. The lowest BCUT2D eigenvalue weighted by molar-refractivity contribution is -0.125. The molecule has 1 atom stereocenters.